The molecule has 0 aromatic heterocycles. The summed E-state index contributed by atoms with van der Waals surface area (Å²) in [6.07, 6.45) is 1.30. The predicted octanol–water partition coefficient (Wildman–Crippen LogP) is 4.47. The number of halogens is 2. The molecule has 1 aliphatic heterocycles. The number of amides is 5. The lowest BCUT2D eigenvalue weighted by Gasteiger charge is -2.27. The predicted molar refractivity (Wildman–Crippen MR) is 132 cm³/mol. The summed E-state index contributed by atoms with van der Waals surface area (Å²) in [5.74, 6) is -2.62. The minimum Gasteiger partial charge on any atom is -0.482 e. The Labute approximate surface area is 210 Å². The SMILES string of the molecule is Cc1ccccc1N1C(=O)NC(=O)/C(=C\c2ccc(OCC(=O)Nc3ccccc3F)c(Cl)c2)C1=O. The number of imide groups is 2. The molecule has 1 saturated heterocycles. The number of nitrogens with one attached hydrogen (secondary N) is 2. The van der Waals surface area contributed by atoms with Gasteiger partial charge in [-0.3, -0.25) is 19.7 Å². The third-order valence-electron chi connectivity index (χ3n) is 5.23. The number of benzene rings is 3. The number of hydrogen-bond donors (Lipinski definition) is 2. The van der Waals surface area contributed by atoms with Gasteiger partial charge in [-0.1, -0.05) is 48.0 Å². The Morgan fingerprint density at radius 2 is 1.81 bits per heavy atom. The molecule has 3 aromatic rings. The Morgan fingerprint density at radius 3 is 2.53 bits per heavy atom. The van der Waals surface area contributed by atoms with Crippen LogP contribution in [0.5, 0.6) is 5.75 Å². The molecule has 10 heteroatoms. The number of aryl methyl sites for hydroxylation is 1. The van der Waals surface area contributed by atoms with Crippen molar-refractivity contribution in [1.82, 2.24) is 5.32 Å². The Balaban J connectivity index is 1.49. The molecule has 36 heavy (non-hydrogen) atoms. The number of carbonyl (C=O) groups excluding carboxylic acids is 4. The minimum atomic E-state index is -0.841. The fourth-order valence-electron chi connectivity index (χ4n) is 3.47. The standard InChI is InChI=1S/C26H19ClFN3O5/c1-15-6-2-5-9-21(15)31-25(34)17(24(33)30-26(31)35)12-16-10-11-22(18(27)13-16)36-14-23(32)29-20-8-4-3-7-19(20)28/h2-13H,14H2,1H3,(H,29,32)(H,30,33,35)/b17-12+. The number of rotatable bonds is 6. The van der Waals surface area contributed by atoms with Crippen molar-refractivity contribution in [2.24, 2.45) is 0 Å². The van der Waals surface area contributed by atoms with Crippen molar-refractivity contribution < 1.29 is 28.3 Å². The molecule has 0 radical (unpaired) electrons. The molecule has 4 rings (SSSR count). The van der Waals surface area contributed by atoms with Crippen LogP contribution >= 0.6 is 11.6 Å². The molecule has 0 atom stereocenters. The zero-order chi connectivity index (χ0) is 25.8. The average Bonchev–Trinajstić information content (AvgIpc) is 2.84. The van der Waals surface area contributed by atoms with Crippen molar-refractivity contribution in [3.63, 3.8) is 0 Å². The summed E-state index contributed by atoms with van der Waals surface area (Å²) in [5, 5.41) is 4.67. The summed E-state index contributed by atoms with van der Waals surface area (Å²) in [7, 11) is 0. The monoisotopic (exact) mass is 507 g/mol. The van der Waals surface area contributed by atoms with Crippen LogP contribution < -0.4 is 20.3 Å². The van der Waals surface area contributed by atoms with Gasteiger partial charge in [-0.05, 0) is 54.5 Å². The lowest BCUT2D eigenvalue weighted by atomic mass is 10.1. The molecule has 0 unspecified atom stereocenters. The summed E-state index contributed by atoms with van der Waals surface area (Å²) < 4.78 is 19.1. The van der Waals surface area contributed by atoms with Crippen LogP contribution in [0.3, 0.4) is 0 Å². The number of barbiturate groups is 1. The summed E-state index contributed by atoms with van der Waals surface area (Å²) in [4.78, 5) is 50.8. The fraction of sp³-hybridized carbons (Fsp3) is 0.0769. The highest BCUT2D eigenvalue weighted by molar-refractivity contribution is 6.39. The molecule has 0 saturated carbocycles. The van der Waals surface area contributed by atoms with E-state index < -0.39 is 36.2 Å². The van der Waals surface area contributed by atoms with E-state index in [1.807, 2.05) is 0 Å². The first-order chi connectivity index (χ1) is 17.2. The van der Waals surface area contributed by atoms with Crippen LogP contribution in [0.4, 0.5) is 20.6 Å². The maximum absolute atomic E-state index is 13.7. The van der Waals surface area contributed by atoms with Gasteiger partial charge in [-0.25, -0.2) is 14.1 Å². The topological polar surface area (TPSA) is 105 Å². The van der Waals surface area contributed by atoms with E-state index >= 15 is 0 Å². The molecular formula is C26H19ClFN3O5. The highest BCUT2D eigenvalue weighted by atomic mass is 35.5. The Morgan fingerprint density at radius 1 is 1.08 bits per heavy atom. The third kappa shape index (κ3) is 5.26. The van der Waals surface area contributed by atoms with E-state index in [1.54, 1.807) is 37.3 Å². The van der Waals surface area contributed by atoms with Crippen LogP contribution in [-0.4, -0.2) is 30.4 Å². The molecular weight excluding hydrogens is 489 g/mol. The number of para-hydroxylation sites is 2. The lowest BCUT2D eigenvalue weighted by Crippen LogP contribution is -2.54. The number of ether oxygens (including phenoxy) is 1. The van der Waals surface area contributed by atoms with Crippen molar-refractivity contribution in [3.8, 4) is 5.75 Å². The van der Waals surface area contributed by atoms with E-state index in [9.17, 15) is 23.6 Å². The lowest BCUT2D eigenvalue weighted by molar-refractivity contribution is -0.122. The maximum Gasteiger partial charge on any atom is 0.335 e. The number of hydrogen-bond acceptors (Lipinski definition) is 5. The average molecular weight is 508 g/mol. The molecule has 2 N–H and O–H groups in total. The summed E-state index contributed by atoms with van der Waals surface area (Å²) in [6.45, 7) is 1.31. The maximum atomic E-state index is 13.7. The fourth-order valence-corrected chi connectivity index (χ4v) is 3.72. The Bertz CT molecular complexity index is 1420. The first-order valence-electron chi connectivity index (χ1n) is 10.7. The van der Waals surface area contributed by atoms with Gasteiger partial charge in [-0.2, -0.15) is 0 Å². The molecule has 0 spiro atoms. The normalized spacial score (nSPS) is 14.6. The van der Waals surface area contributed by atoms with Gasteiger partial charge in [0.15, 0.2) is 6.61 Å². The second-order valence-electron chi connectivity index (χ2n) is 7.75. The number of urea groups is 1. The van der Waals surface area contributed by atoms with E-state index in [0.717, 1.165) is 4.90 Å². The summed E-state index contributed by atoms with van der Waals surface area (Å²) in [5.41, 5.74) is 1.19. The van der Waals surface area contributed by atoms with Crippen molar-refractivity contribution in [1.29, 1.82) is 0 Å². The number of nitrogens with zero attached hydrogens (tertiary/aromatic N) is 1. The molecule has 1 heterocycles. The second kappa shape index (κ2) is 10.4. The zero-order valence-electron chi connectivity index (χ0n) is 18.9. The van der Waals surface area contributed by atoms with Crippen LogP contribution in [0.15, 0.2) is 72.3 Å². The van der Waals surface area contributed by atoms with E-state index in [2.05, 4.69) is 10.6 Å². The second-order valence-corrected chi connectivity index (χ2v) is 8.16. The van der Waals surface area contributed by atoms with Gasteiger partial charge in [0.2, 0.25) is 0 Å². The molecule has 8 nitrogen and oxygen atoms in total. The van der Waals surface area contributed by atoms with Crippen molar-refractivity contribution in [2.45, 2.75) is 6.92 Å². The van der Waals surface area contributed by atoms with Crippen LogP contribution in [-0.2, 0) is 14.4 Å². The molecule has 0 aliphatic carbocycles. The van der Waals surface area contributed by atoms with E-state index in [1.165, 1.54) is 42.5 Å². The van der Waals surface area contributed by atoms with Gasteiger partial charge in [0, 0.05) is 0 Å². The van der Waals surface area contributed by atoms with Gasteiger partial charge in [-0.15, -0.1) is 0 Å². The number of anilines is 2. The number of carbonyl (C=O) groups is 4. The summed E-state index contributed by atoms with van der Waals surface area (Å²) >= 11 is 6.26. The third-order valence-corrected chi connectivity index (χ3v) is 5.53. The van der Waals surface area contributed by atoms with Crippen LogP contribution in [0.1, 0.15) is 11.1 Å². The van der Waals surface area contributed by atoms with Crippen molar-refractivity contribution in [3.05, 3.63) is 94.3 Å². The van der Waals surface area contributed by atoms with Crippen molar-refractivity contribution >= 4 is 52.8 Å². The molecule has 1 aliphatic rings. The molecule has 1 fully saturated rings. The molecule has 182 valence electrons. The largest absolute Gasteiger partial charge is 0.482 e. The Hall–Kier alpha value is -4.50. The van der Waals surface area contributed by atoms with Gasteiger partial charge in [0.25, 0.3) is 17.7 Å². The molecule has 3 aromatic carbocycles. The Kier molecular flexibility index (Phi) is 7.12. The zero-order valence-corrected chi connectivity index (χ0v) is 19.6. The van der Waals surface area contributed by atoms with Crippen LogP contribution in [0.25, 0.3) is 6.08 Å². The highest BCUT2D eigenvalue weighted by Gasteiger charge is 2.37. The van der Waals surface area contributed by atoms with Gasteiger partial charge < -0.3 is 10.1 Å². The van der Waals surface area contributed by atoms with E-state index in [4.69, 9.17) is 16.3 Å². The van der Waals surface area contributed by atoms with Crippen molar-refractivity contribution in [2.75, 3.05) is 16.8 Å². The molecule has 5 amide bonds. The molecule has 0 bridgehead atoms. The highest BCUT2D eigenvalue weighted by Crippen LogP contribution is 2.28. The van der Waals surface area contributed by atoms with Crippen LogP contribution in [0, 0.1) is 12.7 Å². The van der Waals surface area contributed by atoms with Gasteiger partial charge in [0.05, 0.1) is 16.4 Å². The van der Waals surface area contributed by atoms with Crippen LogP contribution in [0.2, 0.25) is 5.02 Å². The first kappa shape index (κ1) is 24.6. The first-order valence-corrected chi connectivity index (χ1v) is 11.1. The quantitative estimate of drug-likeness (QED) is 0.378. The van der Waals surface area contributed by atoms with Gasteiger partial charge >= 0.3 is 6.03 Å². The van der Waals surface area contributed by atoms with Gasteiger partial charge in [0.1, 0.15) is 17.1 Å². The minimum absolute atomic E-state index is 0.0211. The smallest absolute Gasteiger partial charge is 0.335 e. The van der Waals surface area contributed by atoms with E-state index in [-0.39, 0.29) is 22.0 Å². The van der Waals surface area contributed by atoms with E-state index in [0.29, 0.717) is 16.8 Å². The summed E-state index contributed by atoms with van der Waals surface area (Å²) in [6, 6.07) is 16.1.